The Morgan fingerprint density at radius 3 is 2.60 bits per heavy atom. The summed E-state index contributed by atoms with van der Waals surface area (Å²) in [5, 5.41) is 0.942. The molecule has 0 N–H and O–H groups in total. The third-order valence-corrected chi connectivity index (χ3v) is 6.10. The van der Waals surface area contributed by atoms with Crippen molar-refractivity contribution >= 4 is 17.2 Å². The van der Waals surface area contributed by atoms with Gasteiger partial charge >= 0.3 is 0 Å². The first-order valence-corrected chi connectivity index (χ1v) is 9.91. The Balaban J connectivity index is 1.77. The fourth-order valence-electron chi connectivity index (χ4n) is 3.23. The summed E-state index contributed by atoms with van der Waals surface area (Å²) in [6, 6.07) is 8.99. The average Bonchev–Trinajstić information content (AvgIpc) is 3.03. The lowest BCUT2D eigenvalue weighted by atomic mass is 10.1. The molecule has 4 nitrogen and oxygen atoms in total. The molecule has 134 valence electrons. The predicted molar refractivity (Wildman–Crippen MR) is 104 cm³/mol. The SMILES string of the molecule is CCc1cccc(-c2nc(C)c(C(=O)N3CCN(C(C)C)CC3)s2)c1. The Labute approximate surface area is 154 Å². The first kappa shape index (κ1) is 18.1. The first-order valence-electron chi connectivity index (χ1n) is 9.09. The normalized spacial score (nSPS) is 15.8. The van der Waals surface area contributed by atoms with Gasteiger partial charge in [-0.25, -0.2) is 4.98 Å². The molecule has 2 heterocycles. The highest BCUT2D eigenvalue weighted by Gasteiger charge is 2.26. The number of aryl methyl sites for hydroxylation is 2. The van der Waals surface area contributed by atoms with Gasteiger partial charge in [0.15, 0.2) is 0 Å². The zero-order chi connectivity index (χ0) is 18.0. The lowest BCUT2D eigenvalue weighted by Gasteiger charge is -2.36. The Kier molecular flexibility index (Phi) is 5.54. The van der Waals surface area contributed by atoms with Crippen LogP contribution in [0, 0.1) is 6.92 Å². The summed E-state index contributed by atoms with van der Waals surface area (Å²) in [5.41, 5.74) is 3.25. The Morgan fingerprint density at radius 2 is 1.96 bits per heavy atom. The Morgan fingerprint density at radius 1 is 1.24 bits per heavy atom. The maximum Gasteiger partial charge on any atom is 0.265 e. The molecule has 25 heavy (non-hydrogen) atoms. The molecule has 0 spiro atoms. The van der Waals surface area contributed by atoms with Crippen LogP contribution in [0.3, 0.4) is 0 Å². The van der Waals surface area contributed by atoms with Crippen LogP contribution >= 0.6 is 11.3 Å². The maximum absolute atomic E-state index is 12.9. The molecule has 3 rings (SSSR count). The third kappa shape index (κ3) is 3.93. The summed E-state index contributed by atoms with van der Waals surface area (Å²) in [6.07, 6.45) is 1.00. The quantitative estimate of drug-likeness (QED) is 0.834. The van der Waals surface area contributed by atoms with E-state index >= 15 is 0 Å². The number of rotatable bonds is 4. The fraction of sp³-hybridized carbons (Fsp3) is 0.500. The van der Waals surface area contributed by atoms with Crippen LogP contribution in [0.1, 0.15) is 41.7 Å². The molecule has 0 unspecified atom stereocenters. The van der Waals surface area contributed by atoms with Crippen molar-refractivity contribution in [3.63, 3.8) is 0 Å². The molecule has 0 atom stereocenters. The monoisotopic (exact) mass is 357 g/mol. The molecule has 1 saturated heterocycles. The van der Waals surface area contributed by atoms with Crippen molar-refractivity contribution in [2.75, 3.05) is 26.2 Å². The number of thiazole rings is 1. The molecule has 1 aliphatic heterocycles. The molecule has 0 radical (unpaired) electrons. The molecular formula is C20H27N3OS. The number of nitrogens with zero attached hydrogens (tertiary/aromatic N) is 3. The van der Waals surface area contributed by atoms with Crippen molar-refractivity contribution in [1.29, 1.82) is 0 Å². The van der Waals surface area contributed by atoms with Gasteiger partial charge in [-0.15, -0.1) is 11.3 Å². The van der Waals surface area contributed by atoms with Crippen LogP contribution in [0.25, 0.3) is 10.6 Å². The van der Waals surface area contributed by atoms with Crippen molar-refractivity contribution < 1.29 is 4.79 Å². The molecule has 1 fully saturated rings. The van der Waals surface area contributed by atoms with Crippen LogP contribution in [-0.2, 0) is 6.42 Å². The van der Waals surface area contributed by atoms with Gasteiger partial charge in [0.05, 0.1) is 5.69 Å². The average molecular weight is 358 g/mol. The lowest BCUT2D eigenvalue weighted by Crippen LogP contribution is -2.50. The summed E-state index contributed by atoms with van der Waals surface area (Å²) in [7, 11) is 0. The van der Waals surface area contributed by atoms with Gasteiger partial charge in [0.1, 0.15) is 9.88 Å². The Bertz CT molecular complexity index is 745. The Hall–Kier alpha value is -1.72. The summed E-state index contributed by atoms with van der Waals surface area (Å²) < 4.78 is 0. The van der Waals surface area contributed by atoms with Crippen molar-refractivity contribution in [2.45, 2.75) is 40.2 Å². The molecule has 1 aromatic heterocycles. The maximum atomic E-state index is 12.9. The highest BCUT2D eigenvalue weighted by Crippen LogP contribution is 2.29. The molecule has 0 bridgehead atoms. The van der Waals surface area contributed by atoms with Crippen molar-refractivity contribution in [2.24, 2.45) is 0 Å². The molecule has 2 aromatic rings. The van der Waals surface area contributed by atoms with E-state index in [4.69, 9.17) is 0 Å². The second-order valence-electron chi connectivity index (χ2n) is 6.91. The van der Waals surface area contributed by atoms with E-state index in [0.717, 1.165) is 53.7 Å². The number of carbonyl (C=O) groups excluding carboxylic acids is 1. The van der Waals surface area contributed by atoms with Crippen LogP contribution in [0.4, 0.5) is 0 Å². The summed E-state index contributed by atoms with van der Waals surface area (Å²) in [4.78, 5) is 22.8. The van der Waals surface area contributed by atoms with Crippen molar-refractivity contribution in [3.8, 4) is 10.6 Å². The smallest absolute Gasteiger partial charge is 0.265 e. The fourth-order valence-corrected chi connectivity index (χ4v) is 4.26. The number of hydrogen-bond acceptors (Lipinski definition) is 4. The van der Waals surface area contributed by atoms with E-state index in [9.17, 15) is 4.79 Å². The van der Waals surface area contributed by atoms with Crippen LogP contribution in [0.5, 0.6) is 0 Å². The molecule has 0 aliphatic carbocycles. The van der Waals surface area contributed by atoms with Crippen molar-refractivity contribution in [3.05, 3.63) is 40.4 Å². The van der Waals surface area contributed by atoms with Gasteiger partial charge in [-0.3, -0.25) is 9.69 Å². The van der Waals surface area contributed by atoms with Crippen molar-refractivity contribution in [1.82, 2.24) is 14.8 Å². The number of hydrogen-bond donors (Lipinski definition) is 0. The number of piperazine rings is 1. The molecular weight excluding hydrogens is 330 g/mol. The van der Waals surface area contributed by atoms with Gasteiger partial charge in [-0.2, -0.15) is 0 Å². The minimum atomic E-state index is 0.135. The van der Waals surface area contributed by atoms with E-state index in [1.165, 1.54) is 16.9 Å². The van der Waals surface area contributed by atoms with Crippen LogP contribution in [0.15, 0.2) is 24.3 Å². The molecule has 0 saturated carbocycles. The summed E-state index contributed by atoms with van der Waals surface area (Å²) >= 11 is 1.52. The minimum Gasteiger partial charge on any atom is -0.335 e. The van der Waals surface area contributed by atoms with E-state index in [2.05, 4.69) is 54.9 Å². The second-order valence-corrected chi connectivity index (χ2v) is 7.91. The van der Waals surface area contributed by atoms with Gasteiger partial charge < -0.3 is 4.90 Å². The van der Waals surface area contributed by atoms with Gasteiger partial charge in [-0.05, 0) is 38.8 Å². The summed E-state index contributed by atoms with van der Waals surface area (Å²) in [5.74, 6) is 0.135. The van der Waals surface area contributed by atoms with Crippen LogP contribution in [-0.4, -0.2) is 52.9 Å². The second kappa shape index (κ2) is 7.67. The number of carbonyl (C=O) groups is 1. The lowest BCUT2D eigenvalue weighted by molar-refractivity contribution is 0.0599. The molecule has 1 aliphatic rings. The molecule has 5 heteroatoms. The van der Waals surface area contributed by atoms with Gasteiger partial charge in [0.25, 0.3) is 5.91 Å². The van der Waals surface area contributed by atoms with Gasteiger partial charge in [0.2, 0.25) is 0 Å². The zero-order valence-electron chi connectivity index (χ0n) is 15.6. The van der Waals surface area contributed by atoms with E-state index in [1.54, 1.807) is 0 Å². The number of benzene rings is 1. The van der Waals surface area contributed by atoms with Crippen LogP contribution < -0.4 is 0 Å². The first-order chi connectivity index (χ1) is 12.0. The molecule has 1 aromatic carbocycles. The van der Waals surface area contributed by atoms with E-state index in [1.807, 2.05) is 11.8 Å². The molecule has 1 amide bonds. The highest BCUT2D eigenvalue weighted by atomic mass is 32.1. The number of amides is 1. The van der Waals surface area contributed by atoms with E-state index < -0.39 is 0 Å². The standard InChI is InChI=1S/C20H27N3OS/c1-5-16-7-6-8-17(13-16)19-21-15(4)18(25-19)20(24)23-11-9-22(10-12-23)14(2)3/h6-8,13-14H,5,9-12H2,1-4H3. The van der Waals surface area contributed by atoms with E-state index in [-0.39, 0.29) is 5.91 Å². The third-order valence-electron chi connectivity index (χ3n) is 4.90. The van der Waals surface area contributed by atoms with Gasteiger partial charge in [0, 0.05) is 37.8 Å². The van der Waals surface area contributed by atoms with Crippen LogP contribution in [0.2, 0.25) is 0 Å². The topological polar surface area (TPSA) is 36.4 Å². The minimum absolute atomic E-state index is 0.135. The largest absolute Gasteiger partial charge is 0.335 e. The summed E-state index contributed by atoms with van der Waals surface area (Å²) in [6.45, 7) is 12.0. The zero-order valence-corrected chi connectivity index (χ0v) is 16.4. The predicted octanol–water partition coefficient (Wildman–Crippen LogP) is 3.85. The highest BCUT2D eigenvalue weighted by molar-refractivity contribution is 7.17. The van der Waals surface area contributed by atoms with Gasteiger partial charge in [-0.1, -0.05) is 25.1 Å². The van der Waals surface area contributed by atoms with E-state index in [0.29, 0.717) is 6.04 Å². The number of aromatic nitrogens is 1.